The molecule has 0 aliphatic carbocycles. The van der Waals surface area contributed by atoms with Crippen molar-refractivity contribution in [2.75, 3.05) is 13.6 Å². The fraction of sp³-hybridized carbons (Fsp3) is 0.350. The summed E-state index contributed by atoms with van der Waals surface area (Å²) in [5, 5.41) is 3.24. The predicted octanol–water partition coefficient (Wildman–Crippen LogP) is 3.62. The third kappa shape index (κ3) is 5.36. The van der Waals surface area contributed by atoms with Crippen molar-refractivity contribution in [1.29, 1.82) is 0 Å². The van der Waals surface area contributed by atoms with Gasteiger partial charge in [0.25, 0.3) is 5.95 Å². The maximum Gasteiger partial charge on any atom is 0.407 e. The highest BCUT2D eigenvalue weighted by atomic mass is 35.5. The number of carbonyl (C=O) groups is 1. The molecule has 1 amide bonds. The average molecular weight is 401 g/mol. The number of carbonyl (C=O) groups excluding carboxylic acids is 1. The first-order chi connectivity index (χ1) is 13.2. The van der Waals surface area contributed by atoms with Gasteiger partial charge >= 0.3 is 6.09 Å². The SMILES string of the molecule is C[N+]1=CC(=Nc2nccc(-c3ccc(CNC(=O)OC(C)(C)C)c(Cl)c3)n2)C1. The second-order valence-electron chi connectivity index (χ2n) is 7.55. The van der Waals surface area contributed by atoms with E-state index in [-0.39, 0.29) is 6.54 Å². The topological polar surface area (TPSA) is 79.5 Å². The average Bonchev–Trinajstić information content (AvgIpc) is 2.58. The van der Waals surface area contributed by atoms with Gasteiger partial charge in [-0.25, -0.2) is 24.3 Å². The number of hydrogen-bond donors (Lipinski definition) is 1. The molecule has 1 aliphatic heterocycles. The normalized spacial score (nSPS) is 15.0. The van der Waals surface area contributed by atoms with Crippen LogP contribution in [-0.2, 0) is 11.3 Å². The maximum atomic E-state index is 11.8. The molecule has 0 saturated heterocycles. The first-order valence-corrected chi connectivity index (χ1v) is 9.29. The second-order valence-corrected chi connectivity index (χ2v) is 7.96. The van der Waals surface area contributed by atoms with Crippen LogP contribution in [-0.4, -0.2) is 51.8 Å². The fourth-order valence-corrected chi connectivity index (χ4v) is 2.82. The Balaban J connectivity index is 1.70. The van der Waals surface area contributed by atoms with Crippen molar-refractivity contribution in [3.8, 4) is 11.3 Å². The fourth-order valence-electron chi connectivity index (χ4n) is 2.57. The number of nitrogens with one attached hydrogen (secondary N) is 1. The zero-order chi connectivity index (χ0) is 20.3. The van der Waals surface area contributed by atoms with Crippen LogP contribution in [0.5, 0.6) is 0 Å². The van der Waals surface area contributed by atoms with Crippen molar-refractivity contribution in [3.63, 3.8) is 0 Å². The van der Waals surface area contributed by atoms with E-state index in [2.05, 4.69) is 20.3 Å². The molecule has 28 heavy (non-hydrogen) atoms. The molecule has 1 aliphatic rings. The predicted molar refractivity (Wildman–Crippen MR) is 110 cm³/mol. The number of alkyl carbamates (subject to hydrolysis) is 1. The van der Waals surface area contributed by atoms with Crippen LogP contribution < -0.4 is 5.32 Å². The number of aliphatic imine (C=N–C) groups is 1. The first-order valence-electron chi connectivity index (χ1n) is 8.91. The standard InChI is InChI=1S/C20H22ClN5O2/c1-20(2,3)28-19(27)23-10-14-6-5-13(9-16(14)21)17-7-8-22-18(25-17)24-15-11-26(4)12-15/h5-9,11H,10,12H2,1-4H3/p+1. The molecule has 1 aromatic heterocycles. The van der Waals surface area contributed by atoms with Gasteiger partial charge in [0.15, 0.2) is 18.5 Å². The lowest BCUT2D eigenvalue weighted by Crippen LogP contribution is -2.32. The van der Waals surface area contributed by atoms with E-state index >= 15 is 0 Å². The van der Waals surface area contributed by atoms with Gasteiger partial charge in [0.2, 0.25) is 0 Å². The molecular formula is C20H23ClN5O2+. The summed E-state index contributed by atoms with van der Waals surface area (Å²) in [7, 11) is 1.98. The van der Waals surface area contributed by atoms with Crippen LogP contribution in [0.2, 0.25) is 5.02 Å². The Hall–Kier alpha value is -2.80. The molecule has 0 spiro atoms. The summed E-state index contributed by atoms with van der Waals surface area (Å²) in [4.78, 5) is 24.9. The van der Waals surface area contributed by atoms with Gasteiger partial charge < -0.3 is 10.1 Å². The highest BCUT2D eigenvalue weighted by molar-refractivity contribution is 6.33. The van der Waals surface area contributed by atoms with Crippen molar-refractivity contribution >= 4 is 35.6 Å². The van der Waals surface area contributed by atoms with Gasteiger partial charge in [-0.3, -0.25) is 0 Å². The van der Waals surface area contributed by atoms with Crippen LogP contribution in [0, 0.1) is 0 Å². The summed E-state index contributed by atoms with van der Waals surface area (Å²) in [6, 6.07) is 7.39. The minimum atomic E-state index is -0.543. The van der Waals surface area contributed by atoms with Crippen molar-refractivity contribution < 1.29 is 14.1 Å². The van der Waals surface area contributed by atoms with Crippen LogP contribution in [0.3, 0.4) is 0 Å². The lowest BCUT2D eigenvalue weighted by molar-refractivity contribution is -0.487. The van der Waals surface area contributed by atoms with Crippen LogP contribution in [0.4, 0.5) is 10.7 Å². The summed E-state index contributed by atoms with van der Waals surface area (Å²) in [6.45, 7) is 6.52. The monoisotopic (exact) mass is 400 g/mol. The van der Waals surface area contributed by atoms with Crippen LogP contribution in [0.25, 0.3) is 11.3 Å². The van der Waals surface area contributed by atoms with Crippen molar-refractivity contribution in [2.24, 2.45) is 4.99 Å². The Kier molecular flexibility index (Phi) is 5.74. The van der Waals surface area contributed by atoms with E-state index in [0.29, 0.717) is 11.0 Å². The van der Waals surface area contributed by atoms with E-state index in [0.717, 1.165) is 29.1 Å². The molecule has 1 N–H and O–H groups in total. The summed E-state index contributed by atoms with van der Waals surface area (Å²) < 4.78 is 7.26. The van der Waals surface area contributed by atoms with Gasteiger partial charge in [-0.1, -0.05) is 23.7 Å². The summed E-state index contributed by atoms with van der Waals surface area (Å²) >= 11 is 6.39. The van der Waals surface area contributed by atoms with Gasteiger partial charge in [-0.05, 0) is 38.5 Å². The second kappa shape index (κ2) is 8.06. The molecule has 8 heteroatoms. The first kappa shape index (κ1) is 19.9. The van der Waals surface area contributed by atoms with Crippen LogP contribution >= 0.6 is 11.6 Å². The highest BCUT2D eigenvalue weighted by Gasteiger charge is 2.18. The highest BCUT2D eigenvalue weighted by Crippen LogP contribution is 2.25. The Morgan fingerprint density at radius 1 is 1.36 bits per heavy atom. The van der Waals surface area contributed by atoms with E-state index in [1.807, 2.05) is 62.9 Å². The van der Waals surface area contributed by atoms with E-state index in [4.69, 9.17) is 16.3 Å². The van der Waals surface area contributed by atoms with Gasteiger partial charge in [-0.2, -0.15) is 0 Å². The number of halogens is 1. The number of benzene rings is 1. The minimum absolute atomic E-state index is 0.278. The van der Waals surface area contributed by atoms with Crippen LogP contribution in [0.15, 0.2) is 35.5 Å². The van der Waals surface area contributed by atoms with Crippen LogP contribution in [0.1, 0.15) is 26.3 Å². The smallest absolute Gasteiger partial charge is 0.407 e. The Morgan fingerprint density at radius 3 is 2.75 bits per heavy atom. The largest absolute Gasteiger partial charge is 0.444 e. The maximum absolute atomic E-state index is 11.8. The molecule has 0 saturated carbocycles. The molecule has 146 valence electrons. The van der Waals surface area contributed by atoms with E-state index in [1.165, 1.54) is 0 Å². The number of amides is 1. The molecule has 2 heterocycles. The summed E-state index contributed by atoms with van der Waals surface area (Å²) in [5.74, 6) is 0.420. The number of hydrogen-bond acceptors (Lipinski definition) is 5. The lowest BCUT2D eigenvalue weighted by atomic mass is 10.1. The summed E-state index contributed by atoms with van der Waals surface area (Å²) in [5.41, 5.74) is 2.78. The van der Waals surface area contributed by atoms with Crippen molar-refractivity contribution in [2.45, 2.75) is 32.9 Å². The lowest BCUT2D eigenvalue weighted by Gasteiger charge is -2.19. The van der Waals surface area contributed by atoms with E-state index in [9.17, 15) is 4.79 Å². The van der Waals surface area contributed by atoms with Gasteiger partial charge in [0.05, 0.1) is 5.69 Å². The molecule has 1 aromatic carbocycles. The van der Waals surface area contributed by atoms with E-state index in [1.54, 1.807) is 6.20 Å². The number of nitrogens with zero attached hydrogens (tertiary/aromatic N) is 4. The molecule has 3 rings (SSSR count). The zero-order valence-electron chi connectivity index (χ0n) is 16.4. The number of ether oxygens (including phenoxy) is 1. The van der Waals surface area contributed by atoms with Gasteiger partial charge in [-0.15, -0.1) is 0 Å². The Morgan fingerprint density at radius 2 is 2.11 bits per heavy atom. The van der Waals surface area contributed by atoms with Gasteiger partial charge in [0, 0.05) is 23.3 Å². The molecule has 0 radical (unpaired) electrons. The third-order valence-electron chi connectivity index (χ3n) is 3.84. The Labute approximate surface area is 169 Å². The summed E-state index contributed by atoms with van der Waals surface area (Å²) in [6.07, 6.45) is 3.14. The van der Waals surface area contributed by atoms with Crippen molar-refractivity contribution in [3.05, 3.63) is 41.0 Å². The number of rotatable bonds is 4. The molecule has 0 unspecified atom stereocenters. The Bertz CT molecular complexity index is 963. The molecule has 7 nitrogen and oxygen atoms in total. The molecule has 0 bridgehead atoms. The van der Waals surface area contributed by atoms with Crippen molar-refractivity contribution in [1.82, 2.24) is 15.3 Å². The third-order valence-corrected chi connectivity index (χ3v) is 4.19. The van der Waals surface area contributed by atoms with E-state index < -0.39 is 11.7 Å². The molecule has 2 aromatic rings. The molecule has 0 atom stereocenters. The van der Waals surface area contributed by atoms with Gasteiger partial charge in [0.1, 0.15) is 12.6 Å². The molecular weight excluding hydrogens is 378 g/mol. The molecule has 0 fully saturated rings. The zero-order valence-corrected chi connectivity index (χ0v) is 17.1. The minimum Gasteiger partial charge on any atom is -0.444 e. The quantitative estimate of drug-likeness (QED) is 0.795. The number of aromatic nitrogens is 2.